The Balaban J connectivity index is 1.49. The summed E-state index contributed by atoms with van der Waals surface area (Å²) < 4.78 is 5.38. The van der Waals surface area contributed by atoms with E-state index in [4.69, 9.17) is 9.72 Å². The number of nitrogens with zero attached hydrogens (tertiary/aromatic N) is 5. The van der Waals surface area contributed by atoms with Crippen LogP contribution in [0.5, 0.6) is 0 Å². The van der Waals surface area contributed by atoms with Crippen molar-refractivity contribution in [3.05, 3.63) is 53.3 Å². The van der Waals surface area contributed by atoms with E-state index < -0.39 is 6.23 Å². The Morgan fingerprint density at radius 1 is 1.17 bits per heavy atom. The number of anilines is 1. The third-order valence-electron chi connectivity index (χ3n) is 6.58. The number of pyridine rings is 1. The molecule has 2 aliphatic rings. The van der Waals surface area contributed by atoms with Crippen LogP contribution in [0.15, 0.2) is 36.4 Å². The second kappa shape index (κ2) is 10.0. The zero-order valence-corrected chi connectivity index (χ0v) is 20.9. The molecule has 4 heterocycles. The molecule has 9 nitrogen and oxygen atoms in total. The molecular formula is C26H26N6O3S. The van der Waals surface area contributed by atoms with Crippen LogP contribution in [0.1, 0.15) is 29.8 Å². The number of thiazole rings is 1. The fourth-order valence-electron chi connectivity index (χ4n) is 5.09. The van der Waals surface area contributed by atoms with Gasteiger partial charge in [-0.25, -0.2) is 9.78 Å². The molecule has 3 aromatic rings. The highest BCUT2D eigenvalue weighted by Gasteiger charge is 2.42. The number of rotatable bonds is 5. The zero-order valence-electron chi connectivity index (χ0n) is 20.1. The van der Waals surface area contributed by atoms with Gasteiger partial charge in [-0.1, -0.05) is 23.5 Å². The van der Waals surface area contributed by atoms with Gasteiger partial charge >= 0.3 is 6.03 Å². The first-order chi connectivity index (χ1) is 17.5. The number of aryl methyl sites for hydroxylation is 2. The lowest BCUT2D eigenvalue weighted by atomic mass is 10.0. The highest BCUT2D eigenvalue weighted by molar-refractivity contribution is 7.19. The molecule has 2 aromatic heterocycles. The van der Waals surface area contributed by atoms with E-state index in [9.17, 15) is 14.9 Å². The first kappa shape index (κ1) is 23.9. The van der Waals surface area contributed by atoms with Gasteiger partial charge in [0.1, 0.15) is 0 Å². The number of ether oxygens (including phenoxy) is 1. The Morgan fingerprint density at radius 2 is 1.97 bits per heavy atom. The standard InChI is InChI=1S/C26H26N6O3S/c1-16-11-20(12-17(2)28-16)23-22(19-6-3-5-18(13-19)14-27)29-25(36-23)30-26(34)32-10-9-31-8-4-7-21(31)24(32)35-15-33/h3,5-6,11-13,15,21,24H,4,7-10H2,1-2H3,(H,29,30,34)/t21-,24?/m0/s1. The minimum atomic E-state index is -0.629. The first-order valence-corrected chi connectivity index (χ1v) is 12.7. The van der Waals surface area contributed by atoms with Crippen LogP contribution in [0, 0.1) is 25.2 Å². The number of carbonyl (C=O) groups is 2. The van der Waals surface area contributed by atoms with E-state index in [-0.39, 0.29) is 12.1 Å². The summed E-state index contributed by atoms with van der Waals surface area (Å²) in [6, 6.07) is 13.1. The highest BCUT2D eigenvalue weighted by Crippen LogP contribution is 2.40. The fourth-order valence-corrected chi connectivity index (χ4v) is 6.06. The maximum atomic E-state index is 13.4. The lowest BCUT2D eigenvalue weighted by Crippen LogP contribution is -2.60. The molecule has 2 fully saturated rings. The smallest absolute Gasteiger partial charge is 0.326 e. The second-order valence-electron chi connectivity index (χ2n) is 9.02. The number of fused-ring (bicyclic) bond motifs is 1. The van der Waals surface area contributed by atoms with Crippen molar-refractivity contribution >= 4 is 29.0 Å². The molecule has 2 aliphatic heterocycles. The first-order valence-electron chi connectivity index (χ1n) is 11.8. The normalized spacial score (nSPS) is 19.4. The van der Waals surface area contributed by atoms with Gasteiger partial charge in [-0.3, -0.25) is 24.9 Å². The van der Waals surface area contributed by atoms with Crippen molar-refractivity contribution in [3.63, 3.8) is 0 Å². The van der Waals surface area contributed by atoms with Crippen molar-refractivity contribution in [2.75, 3.05) is 25.0 Å². The van der Waals surface area contributed by atoms with Crippen LogP contribution in [0.2, 0.25) is 0 Å². The quantitative estimate of drug-likeness (QED) is 0.521. The molecule has 2 atom stereocenters. The average molecular weight is 503 g/mol. The van der Waals surface area contributed by atoms with Gasteiger partial charge in [-0.05, 0) is 63.1 Å². The van der Waals surface area contributed by atoms with Crippen LogP contribution in [0.3, 0.4) is 0 Å². The van der Waals surface area contributed by atoms with E-state index in [0.717, 1.165) is 53.3 Å². The average Bonchev–Trinajstić information content (AvgIpc) is 3.51. The number of piperazine rings is 1. The lowest BCUT2D eigenvalue weighted by Gasteiger charge is -2.42. The second-order valence-corrected chi connectivity index (χ2v) is 10.0. The number of hydrogen-bond donors (Lipinski definition) is 1. The largest absolute Gasteiger partial charge is 0.442 e. The minimum Gasteiger partial charge on any atom is -0.442 e. The summed E-state index contributed by atoms with van der Waals surface area (Å²) in [6.45, 7) is 6.44. The Kier molecular flexibility index (Phi) is 6.67. The van der Waals surface area contributed by atoms with E-state index in [1.165, 1.54) is 11.3 Å². The zero-order chi connectivity index (χ0) is 25.2. The van der Waals surface area contributed by atoms with Crippen molar-refractivity contribution < 1.29 is 14.3 Å². The number of amides is 2. The Morgan fingerprint density at radius 3 is 2.72 bits per heavy atom. The van der Waals surface area contributed by atoms with Gasteiger partial charge in [0.05, 0.1) is 28.2 Å². The van der Waals surface area contributed by atoms with Gasteiger partial charge in [-0.2, -0.15) is 5.26 Å². The van der Waals surface area contributed by atoms with Gasteiger partial charge in [0.25, 0.3) is 6.47 Å². The highest BCUT2D eigenvalue weighted by atomic mass is 32.1. The number of nitriles is 1. The Hall–Kier alpha value is -3.81. The molecule has 0 aliphatic carbocycles. The minimum absolute atomic E-state index is 0.00797. The molecule has 1 unspecified atom stereocenters. The predicted molar refractivity (Wildman–Crippen MR) is 136 cm³/mol. The lowest BCUT2D eigenvalue weighted by molar-refractivity contribution is -0.150. The van der Waals surface area contributed by atoms with Crippen LogP contribution in [-0.2, 0) is 9.53 Å². The van der Waals surface area contributed by atoms with E-state index in [1.807, 2.05) is 38.1 Å². The van der Waals surface area contributed by atoms with Gasteiger partial charge in [0.2, 0.25) is 0 Å². The van der Waals surface area contributed by atoms with E-state index in [0.29, 0.717) is 29.4 Å². The molecule has 0 bridgehead atoms. The number of nitrogens with one attached hydrogen (secondary N) is 1. The third kappa shape index (κ3) is 4.67. The SMILES string of the molecule is Cc1cc(-c2sc(NC(=O)N3CCN4CCC[C@H]4C3OC=O)nc2-c2cccc(C#N)c2)cc(C)n1. The molecule has 0 saturated carbocycles. The summed E-state index contributed by atoms with van der Waals surface area (Å²) in [4.78, 5) is 38.6. The van der Waals surface area contributed by atoms with Crippen LogP contribution in [-0.4, -0.2) is 64.2 Å². The van der Waals surface area contributed by atoms with Crippen molar-refractivity contribution in [1.29, 1.82) is 5.26 Å². The van der Waals surface area contributed by atoms with Gasteiger partial charge < -0.3 is 4.74 Å². The third-order valence-corrected chi connectivity index (χ3v) is 7.60. The molecule has 5 rings (SSSR count). The molecular weight excluding hydrogens is 476 g/mol. The molecule has 1 N–H and O–H groups in total. The van der Waals surface area contributed by atoms with Crippen LogP contribution in [0.4, 0.5) is 9.93 Å². The summed E-state index contributed by atoms with van der Waals surface area (Å²) in [7, 11) is 0. The molecule has 2 saturated heterocycles. The summed E-state index contributed by atoms with van der Waals surface area (Å²) in [5.41, 5.74) is 4.70. The molecule has 10 heteroatoms. The van der Waals surface area contributed by atoms with Crippen molar-refractivity contribution in [2.45, 2.75) is 39.0 Å². The molecule has 2 amide bonds. The fraction of sp³-hybridized carbons (Fsp3) is 0.346. The summed E-state index contributed by atoms with van der Waals surface area (Å²) in [5.74, 6) is 0. The number of urea groups is 1. The molecule has 36 heavy (non-hydrogen) atoms. The van der Waals surface area contributed by atoms with E-state index >= 15 is 0 Å². The number of benzene rings is 1. The Bertz CT molecular complexity index is 1330. The van der Waals surface area contributed by atoms with Crippen molar-refractivity contribution in [3.8, 4) is 27.8 Å². The number of carbonyl (C=O) groups excluding carboxylic acids is 2. The number of aromatic nitrogens is 2. The van der Waals surface area contributed by atoms with Crippen LogP contribution in [0.25, 0.3) is 21.7 Å². The maximum Gasteiger partial charge on any atom is 0.326 e. The summed E-state index contributed by atoms with van der Waals surface area (Å²) >= 11 is 1.36. The maximum absolute atomic E-state index is 13.4. The van der Waals surface area contributed by atoms with Crippen LogP contribution >= 0.6 is 11.3 Å². The van der Waals surface area contributed by atoms with Crippen molar-refractivity contribution in [2.24, 2.45) is 0 Å². The van der Waals surface area contributed by atoms with Crippen molar-refractivity contribution in [1.82, 2.24) is 19.8 Å². The summed E-state index contributed by atoms with van der Waals surface area (Å²) in [6.07, 6.45) is 1.27. The topological polar surface area (TPSA) is 111 Å². The molecule has 184 valence electrons. The molecule has 1 aromatic carbocycles. The number of hydrogen-bond acceptors (Lipinski definition) is 8. The Labute approximate surface area is 213 Å². The predicted octanol–water partition coefficient (Wildman–Crippen LogP) is 4.17. The van der Waals surface area contributed by atoms with Gasteiger partial charge in [0.15, 0.2) is 11.4 Å². The van der Waals surface area contributed by atoms with E-state index in [1.54, 1.807) is 17.0 Å². The molecule has 0 radical (unpaired) electrons. The monoisotopic (exact) mass is 502 g/mol. The van der Waals surface area contributed by atoms with Gasteiger partial charge in [0, 0.05) is 30.0 Å². The summed E-state index contributed by atoms with van der Waals surface area (Å²) in [5, 5.41) is 12.8. The van der Waals surface area contributed by atoms with Gasteiger partial charge in [-0.15, -0.1) is 0 Å². The van der Waals surface area contributed by atoms with E-state index in [2.05, 4.69) is 21.3 Å². The van der Waals surface area contributed by atoms with Crippen LogP contribution < -0.4 is 5.32 Å². The molecule has 0 spiro atoms.